The summed E-state index contributed by atoms with van der Waals surface area (Å²) in [6, 6.07) is 0. The van der Waals surface area contributed by atoms with Gasteiger partial charge in [-0.15, -0.1) is 0 Å². The topological polar surface area (TPSA) is 83.9 Å². The summed E-state index contributed by atoms with van der Waals surface area (Å²) in [7, 11) is -3.38. The van der Waals surface area contributed by atoms with Gasteiger partial charge in [0.1, 0.15) is 0 Å². The predicted molar refractivity (Wildman–Crippen MR) is 57.7 cm³/mol. The number of nitrogens with zero attached hydrogens (tertiary/aromatic N) is 1. The van der Waals surface area contributed by atoms with Gasteiger partial charge in [-0.1, -0.05) is 0 Å². The molecular weight excluding hydrogens is 234 g/mol. The van der Waals surface area contributed by atoms with Crippen molar-refractivity contribution in [3.05, 3.63) is 0 Å². The fourth-order valence-corrected chi connectivity index (χ4v) is 2.24. The van der Waals surface area contributed by atoms with Crippen LogP contribution >= 0.6 is 0 Å². The standard InChI is InChI=1S/C9H17NO5S/c1-16(13,14)15-6-4-8-3-2-5-10(7-8)9(11)12/h8H,2-7H2,1H3,(H,11,12). The Morgan fingerprint density at radius 3 is 2.81 bits per heavy atom. The summed E-state index contributed by atoms with van der Waals surface area (Å²) in [5.41, 5.74) is 0. The molecule has 0 aromatic heterocycles. The Balaban J connectivity index is 2.30. The molecule has 1 rings (SSSR count). The van der Waals surface area contributed by atoms with E-state index in [2.05, 4.69) is 4.18 Å². The third-order valence-corrected chi connectivity index (χ3v) is 3.21. The number of likely N-dealkylation sites (tertiary alicyclic amines) is 1. The molecule has 0 saturated carbocycles. The molecule has 1 unspecified atom stereocenters. The monoisotopic (exact) mass is 251 g/mol. The van der Waals surface area contributed by atoms with Crippen molar-refractivity contribution in [2.24, 2.45) is 5.92 Å². The Labute approximate surface area is 95.3 Å². The minimum Gasteiger partial charge on any atom is -0.465 e. The zero-order valence-corrected chi connectivity index (χ0v) is 10.1. The van der Waals surface area contributed by atoms with E-state index in [0.717, 1.165) is 19.1 Å². The fourth-order valence-electron chi connectivity index (χ4n) is 1.84. The van der Waals surface area contributed by atoms with Gasteiger partial charge in [0.15, 0.2) is 0 Å². The van der Waals surface area contributed by atoms with Crippen LogP contribution in [0.4, 0.5) is 4.79 Å². The molecule has 16 heavy (non-hydrogen) atoms. The Bertz CT molecular complexity index is 340. The number of hydrogen-bond donors (Lipinski definition) is 1. The molecule has 1 amide bonds. The molecule has 0 aliphatic carbocycles. The van der Waals surface area contributed by atoms with E-state index in [0.29, 0.717) is 19.5 Å². The molecule has 0 aromatic carbocycles. The molecule has 1 fully saturated rings. The molecule has 94 valence electrons. The van der Waals surface area contributed by atoms with Crippen molar-refractivity contribution in [3.63, 3.8) is 0 Å². The molecule has 0 spiro atoms. The van der Waals surface area contributed by atoms with Crippen molar-refractivity contribution in [2.45, 2.75) is 19.3 Å². The lowest BCUT2D eigenvalue weighted by Gasteiger charge is -2.30. The number of carbonyl (C=O) groups is 1. The number of rotatable bonds is 4. The van der Waals surface area contributed by atoms with Crippen LogP contribution in [0.2, 0.25) is 0 Å². The molecule has 1 atom stereocenters. The maximum Gasteiger partial charge on any atom is 0.407 e. The van der Waals surface area contributed by atoms with Crippen molar-refractivity contribution >= 4 is 16.2 Å². The maximum absolute atomic E-state index is 10.7. The van der Waals surface area contributed by atoms with E-state index in [1.165, 1.54) is 4.90 Å². The molecule has 1 aliphatic rings. The van der Waals surface area contributed by atoms with Crippen LogP contribution in [-0.4, -0.2) is 50.5 Å². The lowest BCUT2D eigenvalue weighted by Crippen LogP contribution is -2.39. The largest absolute Gasteiger partial charge is 0.465 e. The molecule has 6 nitrogen and oxygen atoms in total. The Hall–Kier alpha value is -0.820. The van der Waals surface area contributed by atoms with E-state index in [1.54, 1.807) is 0 Å². The zero-order chi connectivity index (χ0) is 12.2. The first kappa shape index (κ1) is 13.2. The van der Waals surface area contributed by atoms with Crippen molar-refractivity contribution in [1.29, 1.82) is 0 Å². The second-order valence-corrected chi connectivity index (χ2v) is 5.70. The smallest absolute Gasteiger partial charge is 0.407 e. The first-order valence-corrected chi connectivity index (χ1v) is 7.02. The Morgan fingerprint density at radius 2 is 2.25 bits per heavy atom. The van der Waals surface area contributed by atoms with Gasteiger partial charge < -0.3 is 10.0 Å². The molecule has 1 heterocycles. The van der Waals surface area contributed by atoms with Crippen molar-refractivity contribution in [1.82, 2.24) is 4.90 Å². The quantitative estimate of drug-likeness (QED) is 0.745. The van der Waals surface area contributed by atoms with E-state index in [4.69, 9.17) is 5.11 Å². The van der Waals surface area contributed by atoms with E-state index < -0.39 is 16.2 Å². The molecule has 1 aliphatic heterocycles. The summed E-state index contributed by atoms with van der Waals surface area (Å²) in [6.45, 7) is 1.18. The number of hydrogen-bond acceptors (Lipinski definition) is 4. The van der Waals surface area contributed by atoms with E-state index in [1.807, 2.05) is 0 Å². The molecule has 1 saturated heterocycles. The lowest BCUT2D eigenvalue weighted by atomic mass is 9.95. The summed E-state index contributed by atoms with van der Waals surface area (Å²) in [4.78, 5) is 12.1. The highest BCUT2D eigenvalue weighted by atomic mass is 32.2. The molecule has 7 heteroatoms. The van der Waals surface area contributed by atoms with E-state index in [9.17, 15) is 13.2 Å². The summed E-state index contributed by atoms with van der Waals surface area (Å²) >= 11 is 0. The summed E-state index contributed by atoms with van der Waals surface area (Å²) < 4.78 is 26.1. The highest BCUT2D eigenvalue weighted by Crippen LogP contribution is 2.19. The van der Waals surface area contributed by atoms with Gasteiger partial charge in [0.05, 0.1) is 12.9 Å². The van der Waals surface area contributed by atoms with Crippen LogP contribution in [0.3, 0.4) is 0 Å². The van der Waals surface area contributed by atoms with E-state index >= 15 is 0 Å². The second kappa shape index (κ2) is 5.49. The SMILES string of the molecule is CS(=O)(=O)OCCC1CCCN(C(=O)O)C1. The Kier molecular flexibility index (Phi) is 4.55. The van der Waals surface area contributed by atoms with Crippen LogP contribution in [-0.2, 0) is 14.3 Å². The fraction of sp³-hybridized carbons (Fsp3) is 0.889. The number of piperidine rings is 1. The van der Waals surface area contributed by atoms with Gasteiger partial charge in [-0.25, -0.2) is 4.79 Å². The summed E-state index contributed by atoms with van der Waals surface area (Å²) in [5.74, 6) is 0.201. The number of carboxylic acid groups (broad SMARTS) is 1. The van der Waals surface area contributed by atoms with Gasteiger partial charge in [0.2, 0.25) is 0 Å². The van der Waals surface area contributed by atoms with Crippen LogP contribution in [0.1, 0.15) is 19.3 Å². The van der Waals surface area contributed by atoms with Crippen molar-refractivity contribution in [3.8, 4) is 0 Å². The lowest BCUT2D eigenvalue weighted by molar-refractivity contribution is 0.114. The van der Waals surface area contributed by atoms with Crippen molar-refractivity contribution in [2.75, 3.05) is 26.0 Å². The molecule has 1 N–H and O–H groups in total. The first-order chi connectivity index (χ1) is 7.38. The second-order valence-electron chi connectivity index (χ2n) is 4.05. The van der Waals surface area contributed by atoms with E-state index in [-0.39, 0.29) is 12.5 Å². The highest BCUT2D eigenvalue weighted by molar-refractivity contribution is 7.85. The van der Waals surface area contributed by atoms with Crippen LogP contribution in [0, 0.1) is 5.92 Å². The average Bonchev–Trinajstić information content (AvgIpc) is 2.16. The minimum absolute atomic E-state index is 0.136. The summed E-state index contributed by atoms with van der Waals surface area (Å²) in [5, 5.41) is 8.81. The normalized spacial score (nSPS) is 22.1. The third kappa shape index (κ3) is 4.80. The highest BCUT2D eigenvalue weighted by Gasteiger charge is 2.23. The number of amides is 1. The van der Waals surface area contributed by atoms with Gasteiger partial charge in [-0.3, -0.25) is 4.18 Å². The molecule has 0 bridgehead atoms. The van der Waals surface area contributed by atoms with Gasteiger partial charge in [-0.05, 0) is 25.2 Å². The third-order valence-electron chi connectivity index (χ3n) is 2.61. The van der Waals surface area contributed by atoms with Gasteiger partial charge in [0, 0.05) is 13.1 Å². The van der Waals surface area contributed by atoms with Crippen LogP contribution in [0.25, 0.3) is 0 Å². The van der Waals surface area contributed by atoms with Gasteiger partial charge in [0.25, 0.3) is 10.1 Å². The maximum atomic E-state index is 10.7. The van der Waals surface area contributed by atoms with Gasteiger partial charge >= 0.3 is 6.09 Å². The van der Waals surface area contributed by atoms with Gasteiger partial charge in [-0.2, -0.15) is 8.42 Å². The molecule has 0 aromatic rings. The molecule has 0 radical (unpaired) electrons. The average molecular weight is 251 g/mol. The zero-order valence-electron chi connectivity index (χ0n) is 9.26. The minimum atomic E-state index is -3.38. The Morgan fingerprint density at radius 1 is 1.56 bits per heavy atom. The van der Waals surface area contributed by atoms with Crippen LogP contribution in [0.5, 0.6) is 0 Å². The van der Waals surface area contributed by atoms with Crippen LogP contribution in [0.15, 0.2) is 0 Å². The molecular formula is C9H17NO5S. The predicted octanol–water partition coefficient (Wildman–Crippen LogP) is 0.743. The summed E-state index contributed by atoms with van der Waals surface area (Å²) in [6.07, 6.45) is 2.44. The van der Waals surface area contributed by atoms with Crippen LogP contribution < -0.4 is 0 Å². The van der Waals surface area contributed by atoms with Crippen molar-refractivity contribution < 1.29 is 22.5 Å². The first-order valence-electron chi connectivity index (χ1n) is 5.21.